The molecule has 0 radical (unpaired) electrons. The lowest BCUT2D eigenvalue weighted by Crippen LogP contribution is -2.70. The van der Waals surface area contributed by atoms with Gasteiger partial charge in [0, 0.05) is 43.6 Å². The van der Waals surface area contributed by atoms with Crippen LogP contribution in [0, 0.1) is 29.5 Å². The molecule has 0 aromatic heterocycles. The highest BCUT2D eigenvalue weighted by atomic mass is 19.1. The molecule has 1 heterocycles. The molecular weight excluding hydrogens is 784 g/mol. The third kappa shape index (κ3) is 9.33. The number of benzene rings is 4. The molecule has 1 aliphatic heterocycles. The summed E-state index contributed by atoms with van der Waals surface area (Å²) >= 11 is 0. The first-order chi connectivity index (χ1) is 30.0. The summed E-state index contributed by atoms with van der Waals surface area (Å²) in [6.45, 7) is 10.6. The van der Waals surface area contributed by atoms with Crippen LogP contribution in [0.25, 0.3) is 10.8 Å². The maximum Gasteiger partial charge on any atom is 0.239 e. The van der Waals surface area contributed by atoms with Crippen molar-refractivity contribution in [1.29, 1.82) is 0 Å². The minimum atomic E-state index is -1.39. The zero-order valence-corrected chi connectivity index (χ0v) is 36.3. The maximum atomic E-state index is 14.8. The zero-order valence-electron chi connectivity index (χ0n) is 36.3. The zero-order chi connectivity index (χ0) is 43.4. The second kappa shape index (κ2) is 18.8. The summed E-state index contributed by atoms with van der Waals surface area (Å²) in [6, 6.07) is 26.0. The maximum absolute atomic E-state index is 14.8. The van der Waals surface area contributed by atoms with Crippen LogP contribution in [-0.4, -0.2) is 64.0 Å². The minimum Gasteiger partial charge on any atom is -0.459 e. The number of carbonyl (C=O) groups is 1. The van der Waals surface area contributed by atoms with Gasteiger partial charge in [0.1, 0.15) is 34.7 Å². The number of aliphatic hydroxyl groups excluding tert-OH is 2. The molecule has 2 saturated carbocycles. The number of carbonyl (C=O) groups excluding carboxylic acids is 1. The number of fused-ring (bicyclic) bond motifs is 3. The molecule has 2 fully saturated rings. The Morgan fingerprint density at radius 2 is 1.65 bits per heavy atom. The average Bonchev–Trinajstić information content (AvgIpc) is 4.12. The van der Waals surface area contributed by atoms with Crippen molar-refractivity contribution in [3.8, 4) is 17.2 Å². The van der Waals surface area contributed by atoms with Crippen LogP contribution in [-0.2, 0) is 20.9 Å². The monoisotopic (exact) mass is 844 g/mol. The van der Waals surface area contributed by atoms with E-state index in [1.807, 2.05) is 62.1 Å². The Labute approximate surface area is 365 Å². The van der Waals surface area contributed by atoms with Gasteiger partial charge >= 0.3 is 0 Å². The number of unbranched alkanes of at least 4 members (excludes halogenated alkanes) is 2. The van der Waals surface area contributed by atoms with E-state index >= 15 is 0 Å². The number of halogens is 1. The quantitative estimate of drug-likeness (QED) is 0.0583. The van der Waals surface area contributed by atoms with E-state index in [-0.39, 0.29) is 61.8 Å². The highest BCUT2D eigenvalue weighted by Crippen LogP contribution is 2.62. The molecule has 62 heavy (non-hydrogen) atoms. The van der Waals surface area contributed by atoms with E-state index in [0.717, 1.165) is 77.5 Å². The number of hydrogen-bond acceptors (Lipinski definition) is 8. The van der Waals surface area contributed by atoms with Gasteiger partial charge in [-0.25, -0.2) is 4.39 Å². The Hall–Kier alpha value is -5.03. The lowest BCUT2D eigenvalue weighted by molar-refractivity contribution is -0.258. The normalized spacial score (nSPS) is 24.7. The van der Waals surface area contributed by atoms with Gasteiger partial charge in [-0.15, -0.1) is 6.58 Å². The van der Waals surface area contributed by atoms with E-state index in [9.17, 15) is 19.4 Å². The summed E-state index contributed by atoms with van der Waals surface area (Å²) in [4.78, 5) is 23.0. The highest BCUT2D eigenvalue weighted by Gasteiger charge is 2.66. The van der Waals surface area contributed by atoms with Crippen LogP contribution in [0.2, 0.25) is 0 Å². The Kier molecular flexibility index (Phi) is 13.2. The lowest BCUT2D eigenvalue weighted by Gasteiger charge is -2.60. The Morgan fingerprint density at radius 1 is 0.935 bits per heavy atom. The molecule has 1 amide bonds. The third-order valence-electron chi connectivity index (χ3n) is 12.9. The summed E-state index contributed by atoms with van der Waals surface area (Å²) in [7, 11) is 0. The largest absolute Gasteiger partial charge is 0.459 e. The predicted molar refractivity (Wildman–Crippen MR) is 239 cm³/mol. The van der Waals surface area contributed by atoms with E-state index in [1.165, 1.54) is 12.1 Å². The Balaban J connectivity index is 1.33. The van der Waals surface area contributed by atoms with Crippen LogP contribution in [0.5, 0.6) is 17.2 Å². The molecule has 10 heteroatoms. The number of allylic oxidation sites excluding steroid dienone is 1. The van der Waals surface area contributed by atoms with Crippen LogP contribution in [0.1, 0.15) is 95.6 Å². The molecule has 0 unspecified atom stereocenters. The van der Waals surface area contributed by atoms with Gasteiger partial charge in [0.25, 0.3) is 0 Å². The second-order valence-corrected chi connectivity index (χ2v) is 18.5. The van der Waals surface area contributed by atoms with Gasteiger partial charge in [-0.05, 0) is 136 Å². The molecular formula is C52H61FN2O7. The number of rotatable bonds is 18. The van der Waals surface area contributed by atoms with Crippen molar-refractivity contribution < 1.29 is 38.4 Å². The van der Waals surface area contributed by atoms with E-state index in [0.29, 0.717) is 30.8 Å². The summed E-state index contributed by atoms with van der Waals surface area (Å²) in [6.07, 6.45) is 10.6. The number of oxime groups is 1. The van der Waals surface area contributed by atoms with Crippen LogP contribution in [0.3, 0.4) is 0 Å². The summed E-state index contributed by atoms with van der Waals surface area (Å²) in [5.41, 5.74) is 2.89. The average molecular weight is 845 g/mol. The summed E-state index contributed by atoms with van der Waals surface area (Å²) < 4.78 is 35.5. The SMILES string of the molecule is C=CCO[C@@]12Oc3ccc(Oc4ccc5ccccc5c4)cc3[C@H]3[C@H](CCCCO)[C@@H](CCCCO)C=C(C(=NOC(C)(C)C)C[C@@H]1N(Cc1ccc(F)cc1)C(=O)C1CC1)[C@H]32. The molecule has 6 atom stereocenters. The topological polar surface area (TPSA) is 110 Å². The molecule has 4 aromatic carbocycles. The molecule has 0 bridgehead atoms. The van der Waals surface area contributed by atoms with Gasteiger partial charge < -0.3 is 34.2 Å². The molecule has 0 saturated heterocycles. The fraction of sp³-hybridized carbons (Fsp3) is 0.462. The fourth-order valence-corrected chi connectivity index (χ4v) is 9.96. The lowest BCUT2D eigenvalue weighted by atomic mass is 9.55. The smallest absolute Gasteiger partial charge is 0.239 e. The van der Waals surface area contributed by atoms with Gasteiger partial charge in [0.2, 0.25) is 11.7 Å². The molecule has 0 spiro atoms. The molecule has 8 rings (SSSR count). The standard InChI is InChI=1S/C52H61FN2O7/c1-5-28-59-52-47(55(50(58)36-18-19-36)33-34-16-21-39(53)22-17-34)32-45(54-62-51(2,3)4)43-30-38(14-8-10-26-56)42(15-9-11-27-57)48(49(43)52)44-31-41(24-25-46(44)61-52)60-40-23-20-35-12-6-7-13-37(35)29-40/h5-7,12-13,16-17,20-25,29-31,36,38,42,47-49,56-57H,1,8-11,14-15,18-19,26-28,32-33H2,2-4H3/t38-,42+,47-,48+,49+,52+/m0/s1. The van der Waals surface area contributed by atoms with Crippen molar-refractivity contribution in [2.24, 2.45) is 28.8 Å². The Morgan fingerprint density at radius 3 is 2.35 bits per heavy atom. The number of aliphatic hydroxyl groups is 2. The van der Waals surface area contributed by atoms with Gasteiger partial charge in [-0.1, -0.05) is 72.6 Å². The fourth-order valence-electron chi connectivity index (χ4n) is 9.96. The van der Waals surface area contributed by atoms with Gasteiger partial charge in [0.05, 0.1) is 18.2 Å². The Bertz CT molecular complexity index is 2280. The predicted octanol–water partition coefficient (Wildman–Crippen LogP) is 10.6. The van der Waals surface area contributed by atoms with E-state index < -0.39 is 23.3 Å². The van der Waals surface area contributed by atoms with Crippen LogP contribution in [0.4, 0.5) is 4.39 Å². The number of ether oxygens (including phenoxy) is 3. The molecule has 4 aliphatic rings. The van der Waals surface area contributed by atoms with Crippen molar-refractivity contribution in [3.63, 3.8) is 0 Å². The summed E-state index contributed by atoms with van der Waals surface area (Å²) in [5, 5.41) is 27.1. The van der Waals surface area contributed by atoms with Crippen LogP contribution < -0.4 is 9.47 Å². The minimum absolute atomic E-state index is 0.00619. The van der Waals surface area contributed by atoms with Crippen molar-refractivity contribution >= 4 is 22.4 Å². The molecule has 2 N–H and O–H groups in total. The van der Waals surface area contributed by atoms with Gasteiger partial charge in [-0.2, -0.15) is 0 Å². The third-order valence-corrected chi connectivity index (χ3v) is 12.9. The highest BCUT2D eigenvalue weighted by molar-refractivity contribution is 6.03. The number of nitrogens with zero attached hydrogens (tertiary/aromatic N) is 2. The summed E-state index contributed by atoms with van der Waals surface area (Å²) in [5.74, 6) is -0.331. The first-order valence-electron chi connectivity index (χ1n) is 22.5. The van der Waals surface area contributed by atoms with Gasteiger partial charge in [0.15, 0.2) is 0 Å². The van der Waals surface area contributed by atoms with Crippen LogP contribution >= 0.6 is 0 Å². The first-order valence-corrected chi connectivity index (χ1v) is 22.5. The first kappa shape index (κ1) is 43.6. The molecule has 4 aromatic rings. The van der Waals surface area contributed by atoms with Crippen molar-refractivity contribution in [3.05, 3.63) is 126 Å². The van der Waals surface area contributed by atoms with Crippen molar-refractivity contribution in [2.45, 2.75) is 108 Å². The molecule has 3 aliphatic carbocycles. The van der Waals surface area contributed by atoms with E-state index in [4.69, 9.17) is 24.2 Å². The van der Waals surface area contributed by atoms with Gasteiger partial charge in [-0.3, -0.25) is 4.79 Å². The van der Waals surface area contributed by atoms with E-state index in [1.54, 1.807) is 18.2 Å². The molecule has 328 valence electrons. The van der Waals surface area contributed by atoms with Crippen molar-refractivity contribution in [2.75, 3.05) is 19.8 Å². The second-order valence-electron chi connectivity index (χ2n) is 18.5. The number of amides is 1. The number of hydrogen-bond donors (Lipinski definition) is 2. The van der Waals surface area contributed by atoms with Crippen LogP contribution in [0.15, 0.2) is 114 Å². The molecule has 9 nitrogen and oxygen atoms in total. The van der Waals surface area contributed by atoms with Crippen molar-refractivity contribution in [1.82, 2.24) is 4.90 Å². The van der Waals surface area contributed by atoms with E-state index in [2.05, 4.69) is 36.9 Å².